The summed E-state index contributed by atoms with van der Waals surface area (Å²) in [5, 5.41) is 3.29. The molecule has 0 saturated carbocycles. The first kappa shape index (κ1) is 19.9. The highest BCUT2D eigenvalue weighted by Crippen LogP contribution is 2.25. The smallest absolute Gasteiger partial charge is 0.255 e. The fourth-order valence-electron chi connectivity index (χ4n) is 2.92. The predicted octanol–water partition coefficient (Wildman–Crippen LogP) is 5.64. The molecule has 0 aliphatic rings. The van der Waals surface area contributed by atoms with E-state index >= 15 is 0 Å². The normalized spacial score (nSPS) is 12.2. The van der Waals surface area contributed by atoms with Crippen molar-refractivity contribution in [1.29, 1.82) is 0 Å². The summed E-state index contributed by atoms with van der Waals surface area (Å²) in [5.74, 6) is 0.367. The van der Waals surface area contributed by atoms with Crippen molar-refractivity contribution in [3.63, 3.8) is 0 Å². The van der Waals surface area contributed by atoms with Gasteiger partial charge in [0.15, 0.2) is 5.43 Å². The molecule has 0 spiro atoms. The summed E-state index contributed by atoms with van der Waals surface area (Å²) in [6.07, 6.45) is 0. The van der Waals surface area contributed by atoms with Crippen molar-refractivity contribution in [1.82, 2.24) is 0 Å². The van der Waals surface area contributed by atoms with Gasteiger partial charge < -0.3 is 9.73 Å². The summed E-state index contributed by atoms with van der Waals surface area (Å²) in [4.78, 5) is 25.2. The van der Waals surface area contributed by atoms with Gasteiger partial charge in [0.1, 0.15) is 11.3 Å². The van der Waals surface area contributed by atoms with Crippen LogP contribution in [0.3, 0.4) is 0 Å². The minimum atomic E-state index is -0.261. The van der Waals surface area contributed by atoms with Crippen molar-refractivity contribution in [2.45, 2.75) is 52.4 Å². The number of carbonyl (C=O) groups excluding carboxylic acids is 1. The fourth-order valence-corrected chi connectivity index (χ4v) is 2.92. The van der Waals surface area contributed by atoms with Gasteiger partial charge in [0.05, 0.1) is 5.39 Å². The maximum Gasteiger partial charge on any atom is 0.255 e. The second-order valence-electron chi connectivity index (χ2n) is 9.22. The summed E-state index contributed by atoms with van der Waals surface area (Å²) < 4.78 is 5.87. The van der Waals surface area contributed by atoms with Crippen LogP contribution in [0, 0.1) is 0 Å². The Morgan fingerprint density at radius 3 is 2.07 bits per heavy atom. The lowest BCUT2D eigenvalue weighted by Crippen LogP contribution is -2.16. The lowest BCUT2D eigenvalue weighted by Gasteiger charge is -2.19. The van der Waals surface area contributed by atoms with Gasteiger partial charge in [-0.3, -0.25) is 9.59 Å². The van der Waals surface area contributed by atoms with Gasteiger partial charge in [0, 0.05) is 22.7 Å². The molecule has 0 atom stereocenters. The summed E-state index contributed by atoms with van der Waals surface area (Å²) in [6.45, 7) is 12.4. The minimum absolute atomic E-state index is 0.0564. The van der Waals surface area contributed by atoms with Crippen molar-refractivity contribution < 1.29 is 9.21 Å². The Morgan fingerprint density at radius 1 is 0.857 bits per heavy atom. The summed E-state index contributed by atoms with van der Waals surface area (Å²) in [7, 11) is 0. The molecule has 1 heterocycles. The summed E-state index contributed by atoms with van der Waals surface area (Å²) in [5.41, 5.74) is 2.47. The molecule has 0 bridgehead atoms. The van der Waals surface area contributed by atoms with E-state index in [2.05, 4.69) is 26.1 Å². The summed E-state index contributed by atoms with van der Waals surface area (Å²) >= 11 is 0. The van der Waals surface area contributed by atoms with Gasteiger partial charge in [-0.15, -0.1) is 0 Å². The average Bonchev–Trinajstić information content (AvgIpc) is 2.60. The molecule has 0 saturated heterocycles. The molecular weight excluding hydrogens is 350 g/mol. The van der Waals surface area contributed by atoms with Gasteiger partial charge in [0.25, 0.3) is 5.91 Å². The van der Waals surface area contributed by atoms with Crippen LogP contribution in [0.2, 0.25) is 0 Å². The van der Waals surface area contributed by atoms with E-state index in [0.29, 0.717) is 28.0 Å². The quantitative estimate of drug-likeness (QED) is 0.629. The number of amides is 1. The van der Waals surface area contributed by atoms with Crippen LogP contribution in [0.4, 0.5) is 5.69 Å². The largest absolute Gasteiger partial charge is 0.460 e. The lowest BCUT2D eigenvalue weighted by molar-refractivity contribution is 0.102. The number of benzene rings is 2. The zero-order valence-corrected chi connectivity index (χ0v) is 17.3. The van der Waals surface area contributed by atoms with E-state index in [1.54, 1.807) is 18.2 Å². The summed E-state index contributed by atoms with van der Waals surface area (Å²) in [6, 6.07) is 14.3. The monoisotopic (exact) mass is 377 g/mol. The highest BCUT2D eigenvalue weighted by atomic mass is 16.3. The first-order valence-corrected chi connectivity index (χ1v) is 9.45. The van der Waals surface area contributed by atoms with E-state index in [-0.39, 0.29) is 22.2 Å². The zero-order chi connectivity index (χ0) is 20.7. The Hall–Kier alpha value is -2.88. The second kappa shape index (κ2) is 6.93. The molecule has 3 rings (SSSR count). The molecule has 4 nitrogen and oxygen atoms in total. The first-order chi connectivity index (χ1) is 12.9. The minimum Gasteiger partial charge on any atom is -0.460 e. The van der Waals surface area contributed by atoms with Crippen molar-refractivity contribution in [2.24, 2.45) is 0 Å². The second-order valence-corrected chi connectivity index (χ2v) is 9.22. The number of rotatable bonds is 2. The number of hydrogen-bond donors (Lipinski definition) is 1. The molecule has 0 radical (unpaired) electrons. The molecule has 0 aliphatic carbocycles. The molecule has 1 N–H and O–H groups in total. The number of fused-ring (bicyclic) bond motifs is 1. The zero-order valence-electron chi connectivity index (χ0n) is 17.3. The van der Waals surface area contributed by atoms with Crippen LogP contribution in [0.15, 0.2) is 57.7 Å². The standard InChI is InChI=1S/C24H27NO3/c1-23(2,3)16-8-10-17(11-9-16)25-22(27)15-7-12-20-18(13-15)19(26)14-21(28-20)24(4,5)6/h7-14H,1-6H3,(H,25,27). The number of nitrogens with one attached hydrogen (secondary N) is 1. The Balaban J connectivity index is 1.88. The SMILES string of the molecule is CC(C)(C)c1ccc(NC(=O)c2ccc3oc(C(C)(C)C)cc(=O)c3c2)cc1. The van der Waals surface area contributed by atoms with E-state index in [9.17, 15) is 9.59 Å². The van der Waals surface area contributed by atoms with Gasteiger partial charge in [0.2, 0.25) is 0 Å². The third-order valence-corrected chi connectivity index (χ3v) is 4.74. The van der Waals surface area contributed by atoms with E-state index in [4.69, 9.17) is 4.42 Å². The molecule has 0 aliphatic heterocycles. The molecule has 28 heavy (non-hydrogen) atoms. The number of carbonyl (C=O) groups is 1. The highest BCUT2D eigenvalue weighted by molar-refractivity contribution is 6.06. The van der Waals surface area contributed by atoms with Crippen LogP contribution in [-0.2, 0) is 10.8 Å². The molecule has 0 fully saturated rings. The highest BCUT2D eigenvalue weighted by Gasteiger charge is 2.19. The van der Waals surface area contributed by atoms with Crippen LogP contribution >= 0.6 is 0 Å². The Labute approximate surface area is 165 Å². The molecule has 1 aromatic heterocycles. The molecular formula is C24H27NO3. The predicted molar refractivity (Wildman–Crippen MR) is 114 cm³/mol. The van der Waals surface area contributed by atoms with E-state index < -0.39 is 0 Å². The third kappa shape index (κ3) is 4.16. The Morgan fingerprint density at radius 2 is 1.50 bits per heavy atom. The van der Waals surface area contributed by atoms with Gasteiger partial charge in [-0.1, -0.05) is 53.7 Å². The maximum absolute atomic E-state index is 12.6. The molecule has 4 heteroatoms. The number of hydrogen-bond acceptors (Lipinski definition) is 3. The van der Waals surface area contributed by atoms with E-state index in [1.165, 1.54) is 11.6 Å². The average molecular weight is 377 g/mol. The number of anilines is 1. The van der Waals surface area contributed by atoms with Crippen molar-refractivity contribution in [2.75, 3.05) is 5.32 Å². The van der Waals surface area contributed by atoms with Gasteiger partial charge in [-0.2, -0.15) is 0 Å². The molecule has 0 unspecified atom stereocenters. The topological polar surface area (TPSA) is 59.3 Å². The maximum atomic E-state index is 12.6. The van der Waals surface area contributed by atoms with Crippen molar-refractivity contribution >= 4 is 22.6 Å². The van der Waals surface area contributed by atoms with E-state index in [0.717, 1.165) is 0 Å². The van der Waals surface area contributed by atoms with Gasteiger partial charge in [-0.25, -0.2) is 0 Å². The van der Waals surface area contributed by atoms with E-state index in [1.807, 2.05) is 45.0 Å². The Bertz CT molecular complexity index is 1080. The molecule has 146 valence electrons. The van der Waals surface area contributed by atoms with Crippen molar-refractivity contribution in [3.8, 4) is 0 Å². The van der Waals surface area contributed by atoms with Crippen LogP contribution < -0.4 is 10.7 Å². The fraction of sp³-hybridized carbons (Fsp3) is 0.333. The Kier molecular flexibility index (Phi) is 4.92. The van der Waals surface area contributed by atoms with Crippen LogP contribution in [0.1, 0.15) is 63.2 Å². The van der Waals surface area contributed by atoms with Gasteiger partial charge >= 0.3 is 0 Å². The van der Waals surface area contributed by atoms with Crippen LogP contribution in [0.25, 0.3) is 11.0 Å². The van der Waals surface area contributed by atoms with Crippen molar-refractivity contribution in [3.05, 3.63) is 75.6 Å². The molecule has 2 aromatic carbocycles. The van der Waals surface area contributed by atoms with Crippen LogP contribution in [-0.4, -0.2) is 5.91 Å². The van der Waals surface area contributed by atoms with Crippen LogP contribution in [0.5, 0.6) is 0 Å². The molecule has 3 aromatic rings. The first-order valence-electron chi connectivity index (χ1n) is 9.45. The third-order valence-electron chi connectivity index (χ3n) is 4.74. The lowest BCUT2D eigenvalue weighted by atomic mass is 9.87. The molecule has 1 amide bonds. The van der Waals surface area contributed by atoms with Gasteiger partial charge in [-0.05, 0) is 41.3 Å².